The molecule has 0 saturated heterocycles. The van der Waals surface area contributed by atoms with Crippen LogP contribution in [0.2, 0.25) is 0 Å². The van der Waals surface area contributed by atoms with Gasteiger partial charge in [0.1, 0.15) is 6.04 Å². The number of nitrogens with zero attached hydrogens (tertiary/aromatic N) is 1. The molecule has 6 nitrogen and oxygen atoms in total. The van der Waals surface area contributed by atoms with Gasteiger partial charge in [-0.25, -0.2) is 0 Å². The summed E-state index contributed by atoms with van der Waals surface area (Å²) in [4.78, 5) is 39.4. The second-order valence-electron chi connectivity index (χ2n) is 7.34. The van der Waals surface area contributed by atoms with E-state index in [0.29, 0.717) is 11.1 Å². The van der Waals surface area contributed by atoms with Gasteiger partial charge in [0.25, 0.3) is 11.8 Å². The van der Waals surface area contributed by atoms with E-state index in [9.17, 15) is 14.4 Å². The van der Waals surface area contributed by atoms with Crippen molar-refractivity contribution in [2.45, 2.75) is 57.7 Å². The molecule has 1 heterocycles. The van der Waals surface area contributed by atoms with Crippen molar-refractivity contribution in [1.29, 1.82) is 0 Å². The molecule has 0 spiro atoms. The summed E-state index contributed by atoms with van der Waals surface area (Å²) in [6.07, 6.45) is 3.42. The third kappa shape index (κ3) is 3.31. The minimum absolute atomic E-state index is 0.0590. The molecule has 1 atom stereocenters. The zero-order valence-corrected chi connectivity index (χ0v) is 14.7. The van der Waals surface area contributed by atoms with Gasteiger partial charge in [-0.3, -0.25) is 19.3 Å². The number of rotatable bonds is 4. The lowest BCUT2D eigenvalue weighted by molar-refractivity contribution is -0.127. The Labute approximate surface area is 147 Å². The van der Waals surface area contributed by atoms with E-state index in [-0.39, 0.29) is 35.7 Å². The van der Waals surface area contributed by atoms with Crippen molar-refractivity contribution >= 4 is 17.7 Å². The van der Waals surface area contributed by atoms with Crippen LogP contribution in [0.15, 0.2) is 24.3 Å². The van der Waals surface area contributed by atoms with Gasteiger partial charge in [0.15, 0.2) is 0 Å². The van der Waals surface area contributed by atoms with Crippen molar-refractivity contribution in [1.82, 2.24) is 10.2 Å². The second kappa shape index (κ2) is 6.96. The summed E-state index contributed by atoms with van der Waals surface area (Å²) in [6, 6.07) is 6.17. The molecule has 134 valence electrons. The minimum atomic E-state index is -0.803. The molecule has 6 heteroatoms. The first-order valence-corrected chi connectivity index (χ1v) is 8.93. The van der Waals surface area contributed by atoms with Crippen LogP contribution >= 0.6 is 0 Å². The van der Waals surface area contributed by atoms with E-state index in [1.165, 1.54) is 0 Å². The lowest BCUT2D eigenvalue weighted by Gasteiger charge is -2.32. The number of carbonyl (C=O) groups excluding carboxylic acids is 3. The molecule has 1 fully saturated rings. The number of amides is 3. The van der Waals surface area contributed by atoms with E-state index in [0.717, 1.165) is 30.6 Å². The van der Waals surface area contributed by atoms with Crippen LogP contribution in [0.1, 0.15) is 60.2 Å². The van der Waals surface area contributed by atoms with Gasteiger partial charge in [0.2, 0.25) is 5.91 Å². The van der Waals surface area contributed by atoms with Crippen LogP contribution in [0.4, 0.5) is 0 Å². The van der Waals surface area contributed by atoms with Gasteiger partial charge in [0.05, 0.1) is 11.1 Å². The Morgan fingerprint density at radius 2 is 1.60 bits per heavy atom. The molecule has 1 unspecified atom stereocenters. The Morgan fingerprint density at radius 3 is 2.08 bits per heavy atom. The van der Waals surface area contributed by atoms with E-state index in [1.54, 1.807) is 24.3 Å². The maximum atomic E-state index is 12.9. The lowest BCUT2D eigenvalue weighted by Crippen LogP contribution is -2.54. The van der Waals surface area contributed by atoms with Crippen molar-refractivity contribution in [3.63, 3.8) is 0 Å². The van der Waals surface area contributed by atoms with Crippen molar-refractivity contribution in [3.05, 3.63) is 35.4 Å². The zero-order valence-electron chi connectivity index (χ0n) is 14.7. The fourth-order valence-electron chi connectivity index (χ4n) is 3.73. The monoisotopic (exact) mass is 343 g/mol. The summed E-state index contributed by atoms with van der Waals surface area (Å²) >= 11 is 0. The first kappa shape index (κ1) is 17.6. The van der Waals surface area contributed by atoms with Crippen molar-refractivity contribution < 1.29 is 14.4 Å². The van der Waals surface area contributed by atoms with Gasteiger partial charge in [-0.1, -0.05) is 26.0 Å². The van der Waals surface area contributed by atoms with Crippen LogP contribution in [0.25, 0.3) is 0 Å². The maximum absolute atomic E-state index is 12.9. The summed E-state index contributed by atoms with van der Waals surface area (Å²) in [5, 5.41) is 3.03. The number of fused-ring (bicyclic) bond motifs is 1. The molecule has 3 rings (SSSR count). The molecule has 0 aromatic heterocycles. The highest BCUT2D eigenvalue weighted by molar-refractivity contribution is 6.22. The standard InChI is InChI=1S/C19H25N3O3/c1-11(2)16(17(23)21-13-9-7-12(20)8-10-13)22-18(24)14-5-3-4-6-15(14)19(22)25/h3-6,11-13,16H,7-10,20H2,1-2H3,(H,21,23). The topological polar surface area (TPSA) is 92.5 Å². The predicted octanol–water partition coefficient (Wildman–Crippen LogP) is 1.69. The third-order valence-electron chi connectivity index (χ3n) is 5.12. The maximum Gasteiger partial charge on any atom is 0.262 e. The SMILES string of the molecule is CC(C)C(C(=O)NC1CCC(N)CC1)N1C(=O)c2ccccc2C1=O. The van der Waals surface area contributed by atoms with E-state index < -0.39 is 6.04 Å². The molecule has 1 aromatic rings. The fraction of sp³-hybridized carbons (Fsp3) is 0.526. The molecule has 0 bridgehead atoms. The number of nitrogens with one attached hydrogen (secondary N) is 1. The summed E-state index contributed by atoms with van der Waals surface area (Å²) in [5.74, 6) is -1.21. The number of carbonyl (C=O) groups is 3. The van der Waals surface area contributed by atoms with Crippen LogP contribution in [-0.2, 0) is 4.79 Å². The van der Waals surface area contributed by atoms with Gasteiger partial charge >= 0.3 is 0 Å². The lowest BCUT2D eigenvalue weighted by atomic mass is 9.91. The van der Waals surface area contributed by atoms with Gasteiger partial charge in [-0.2, -0.15) is 0 Å². The highest BCUT2D eigenvalue weighted by Gasteiger charge is 2.44. The largest absolute Gasteiger partial charge is 0.352 e. The Kier molecular flexibility index (Phi) is 4.90. The Bertz CT molecular complexity index is 658. The average molecular weight is 343 g/mol. The van der Waals surface area contributed by atoms with Crippen LogP contribution < -0.4 is 11.1 Å². The number of imide groups is 1. The predicted molar refractivity (Wildman–Crippen MR) is 93.9 cm³/mol. The Balaban J connectivity index is 1.79. The number of benzene rings is 1. The summed E-state index contributed by atoms with van der Waals surface area (Å²) in [5.41, 5.74) is 6.65. The molecule has 1 aliphatic carbocycles. The number of nitrogens with two attached hydrogens (primary N) is 1. The van der Waals surface area contributed by atoms with Crippen LogP contribution in [-0.4, -0.2) is 40.7 Å². The molecule has 3 amide bonds. The number of hydrogen-bond acceptors (Lipinski definition) is 4. The van der Waals surface area contributed by atoms with Gasteiger partial charge in [-0.15, -0.1) is 0 Å². The fourth-order valence-corrected chi connectivity index (χ4v) is 3.73. The normalized spacial score (nSPS) is 24.4. The summed E-state index contributed by atoms with van der Waals surface area (Å²) in [7, 11) is 0. The average Bonchev–Trinajstić information content (AvgIpc) is 2.83. The van der Waals surface area contributed by atoms with Gasteiger partial charge < -0.3 is 11.1 Å². The molecule has 2 aliphatic rings. The van der Waals surface area contributed by atoms with E-state index in [2.05, 4.69) is 5.32 Å². The molecule has 25 heavy (non-hydrogen) atoms. The zero-order chi connectivity index (χ0) is 18.1. The molecular formula is C19H25N3O3. The molecule has 0 radical (unpaired) electrons. The van der Waals surface area contributed by atoms with E-state index in [4.69, 9.17) is 5.73 Å². The first-order chi connectivity index (χ1) is 11.9. The molecule has 1 aromatic carbocycles. The van der Waals surface area contributed by atoms with E-state index in [1.807, 2.05) is 13.8 Å². The Hall–Kier alpha value is -2.21. The smallest absolute Gasteiger partial charge is 0.262 e. The van der Waals surface area contributed by atoms with E-state index >= 15 is 0 Å². The van der Waals surface area contributed by atoms with Crippen molar-refractivity contribution in [2.75, 3.05) is 0 Å². The van der Waals surface area contributed by atoms with Crippen LogP contribution in [0.5, 0.6) is 0 Å². The molecule has 1 saturated carbocycles. The quantitative estimate of drug-likeness (QED) is 0.814. The van der Waals surface area contributed by atoms with Crippen LogP contribution in [0.3, 0.4) is 0 Å². The third-order valence-corrected chi connectivity index (χ3v) is 5.12. The second-order valence-corrected chi connectivity index (χ2v) is 7.34. The number of hydrogen-bond donors (Lipinski definition) is 2. The highest BCUT2D eigenvalue weighted by atomic mass is 16.2. The van der Waals surface area contributed by atoms with Crippen molar-refractivity contribution in [2.24, 2.45) is 11.7 Å². The molecular weight excluding hydrogens is 318 g/mol. The molecule has 3 N–H and O–H groups in total. The van der Waals surface area contributed by atoms with Crippen molar-refractivity contribution in [3.8, 4) is 0 Å². The van der Waals surface area contributed by atoms with Gasteiger partial charge in [0, 0.05) is 12.1 Å². The highest BCUT2D eigenvalue weighted by Crippen LogP contribution is 2.27. The van der Waals surface area contributed by atoms with Gasteiger partial charge in [-0.05, 0) is 43.7 Å². The summed E-state index contributed by atoms with van der Waals surface area (Å²) in [6.45, 7) is 3.70. The Morgan fingerprint density at radius 1 is 1.08 bits per heavy atom. The van der Waals surface area contributed by atoms with Crippen LogP contribution in [0, 0.1) is 5.92 Å². The first-order valence-electron chi connectivity index (χ1n) is 8.93. The summed E-state index contributed by atoms with van der Waals surface area (Å²) < 4.78 is 0. The minimum Gasteiger partial charge on any atom is -0.352 e. The molecule has 1 aliphatic heterocycles.